The molecule has 0 bridgehead atoms. The van der Waals surface area contributed by atoms with Crippen LogP contribution >= 0.6 is 8.58 Å². The lowest BCUT2D eigenvalue weighted by atomic mass is 9.63. The van der Waals surface area contributed by atoms with E-state index >= 15 is 0 Å². The van der Waals surface area contributed by atoms with Gasteiger partial charge in [0.1, 0.15) is 0 Å². The van der Waals surface area contributed by atoms with E-state index in [1.54, 1.807) is 27.8 Å². The predicted molar refractivity (Wildman–Crippen MR) is 142 cm³/mol. The molecule has 1 aliphatic rings. The van der Waals surface area contributed by atoms with Crippen LogP contribution in [0.5, 0.6) is 0 Å². The molecule has 0 fully saturated rings. The van der Waals surface area contributed by atoms with Gasteiger partial charge in [-0.1, -0.05) is 78.2 Å². The quantitative estimate of drug-likeness (QED) is 0.208. The van der Waals surface area contributed by atoms with Crippen molar-refractivity contribution in [3.63, 3.8) is 0 Å². The molecule has 3 unspecified atom stereocenters. The van der Waals surface area contributed by atoms with E-state index in [9.17, 15) is 0 Å². The van der Waals surface area contributed by atoms with Crippen molar-refractivity contribution in [3.05, 3.63) is 46.0 Å². The first-order valence-electron chi connectivity index (χ1n) is 12.7. The zero-order valence-electron chi connectivity index (χ0n) is 21.8. The van der Waals surface area contributed by atoms with Crippen molar-refractivity contribution in [2.45, 2.75) is 113 Å². The number of hydrogen-bond acceptors (Lipinski definition) is 0. The van der Waals surface area contributed by atoms with Crippen LogP contribution in [0.2, 0.25) is 0 Å². The molecule has 3 atom stereocenters. The zero-order valence-corrected chi connectivity index (χ0v) is 22.8. The Hall–Kier alpha value is -0.610. The average Bonchev–Trinajstić information content (AvgIpc) is 2.69. The molecule has 1 aromatic rings. The molecule has 0 aromatic heterocycles. The molecule has 0 N–H and O–H groups in total. The first-order valence-corrected chi connectivity index (χ1v) is 14.4. The van der Waals surface area contributed by atoms with Crippen LogP contribution in [0.25, 0.3) is 0 Å². The van der Waals surface area contributed by atoms with Gasteiger partial charge >= 0.3 is 0 Å². The summed E-state index contributed by atoms with van der Waals surface area (Å²) in [4.78, 5) is 0. The molecule has 1 aromatic carbocycles. The monoisotopic (exact) mass is 430 g/mol. The molecule has 1 heteroatoms. The topological polar surface area (TPSA) is 0 Å². The summed E-state index contributed by atoms with van der Waals surface area (Å²) < 4.78 is 0. The van der Waals surface area contributed by atoms with Gasteiger partial charge in [0.2, 0.25) is 0 Å². The Labute approximate surface area is 191 Å². The normalized spacial score (nSPS) is 19.6. The average molecular weight is 431 g/mol. The maximum Gasteiger partial charge on any atom is -0.00832 e. The van der Waals surface area contributed by atoms with Crippen molar-refractivity contribution in [1.29, 1.82) is 0 Å². The highest BCUT2D eigenvalue weighted by Crippen LogP contribution is 2.48. The Bertz CT molecular complexity index is 647. The van der Waals surface area contributed by atoms with Gasteiger partial charge in [-0.2, -0.15) is 0 Å². The van der Waals surface area contributed by atoms with Gasteiger partial charge in [0.05, 0.1) is 0 Å². The fraction of sp³-hybridized carbons (Fsp3) is 0.724. The Morgan fingerprint density at radius 2 is 1.70 bits per heavy atom. The van der Waals surface area contributed by atoms with Crippen LogP contribution < -0.4 is 0 Å². The summed E-state index contributed by atoms with van der Waals surface area (Å²) in [6.07, 6.45) is 14.3. The van der Waals surface area contributed by atoms with Crippen molar-refractivity contribution < 1.29 is 0 Å². The minimum Gasteiger partial charge on any atom is -0.125 e. The van der Waals surface area contributed by atoms with Crippen LogP contribution in [-0.4, -0.2) is 12.8 Å². The van der Waals surface area contributed by atoms with E-state index in [0.29, 0.717) is 11.3 Å². The van der Waals surface area contributed by atoms with Crippen molar-refractivity contribution in [1.82, 2.24) is 0 Å². The summed E-state index contributed by atoms with van der Waals surface area (Å²) in [7, 11) is 1.08. The largest absolute Gasteiger partial charge is 0.125 e. The van der Waals surface area contributed by atoms with Crippen molar-refractivity contribution in [2.75, 3.05) is 12.8 Å². The van der Waals surface area contributed by atoms with Gasteiger partial charge in [-0.05, 0) is 105 Å². The van der Waals surface area contributed by atoms with Crippen molar-refractivity contribution >= 4 is 8.58 Å². The first kappa shape index (κ1) is 27.4. The van der Waals surface area contributed by atoms with Gasteiger partial charge in [-0.3, -0.25) is 0 Å². The molecular weight excluding hydrogens is 379 g/mol. The standard InChI is InChI=1S/C27H45P.C2H6/c1-8-9-10-12-22-18-21(3)26(23(19-22)13-11-16-28-7)24-17-20(2)14-15-25(24)27(4,5)6;1-2/h14,18-19,24-25,28H,8-13,15-17H2,1-7H3;1-2H3. The highest BCUT2D eigenvalue weighted by atomic mass is 31.1. The number of benzene rings is 1. The smallest absolute Gasteiger partial charge is 0.00832 e. The lowest BCUT2D eigenvalue weighted by molar-refractivity contribution is 0.191. The fourth-order valence-corrected chi connectivity index (χ4v) is 5.72. The third kappa shape index (κ3) is 8.15. The summed E-state index contributed by atoms with van der Waals surface area (Å²) in [6, 6.07) is 5.13. The lowest BCUT2D eigenvalue weighted by Gasteiger charge is -2.41. The van der Waals surface area contributed by atoms with Crippen LogP contribution in [-0.2, 0) is 12.8 Å². The fourth-order valence-electron chi connectivity index (χ4n) is 5.19. The Kier molecular flexibility index (Phi) is 12.5. The first-order chi connectivity index (χ1) is 14.3. The Morgan fingerprint density at radius 3 is 2.30 bits per heavy atom. The second-order valence-corrected chi connectivity index (χ2v) is 11.4. The van der Waals surface area contributed by atoms with Crippen LogP contribution in [0.1, 0.15) is 115 Å². The summed E-state index contributed by atoms with van der Waals surface area (Å²) in [6.45, 7) is 20.7. The molecule has 0 radical (unpaired) electrons. The van der Waals surface area contributed by atoms with Gasteiger partial charge in [0, 0.05) is 0 Å². The third-order valence-corrected chi connectivity index (χ3v) is 7.56. The van der Waals surface area contributed by atoms with E-state index in [1.807, 2.05) is 13.8 Å². The summed E-state index contributed by atoms with van der Waals surface area (Å²) in [5.41, 5.74) is 8.49. The van der Waals surface area contributed by atoms with Crippen LogP contribution in [0.4, 0.5) is 0 Å². The van der Waals surface area contributed by atoms with Crippen molar-refractivity contribution in [2.24, 2.45) is 11.3 Å². The summed E-state index contributed by atoms with van der Waals surface area (Å²) >= 11 is 0. The zero-order chi connectivity index (χ0) is 22.7. The third-order valence-electron chi connectivity index (χ3n) is 6.71. The van der Waals surface area contributed by atoms with E-state index in [2.05, 4.69) is 66.4 Å². The van der Waals surface area contributed by atoms with E-state index in [0.717, 1.165) is 14.5 Å². The van der Waals surface area contributed by atoms with E-state index in [-0.39, 0.29) is 0 Å². The second kappa shape index (κ2) is 13.7. The molecule has 0 saturated heterocycles. The number of hydrogen-bond donors (Lipinski definition) is 0. The highest BCUT2D eigenvalue weighted by molar-refractivity contribution is 7.36. The van der Waals surface area contributed by atoms with Crippen LogP contribution in [0.3, 0.4) is 0 Å². The number of rotatable bonds is 9. The summed E-state index contributed by atoms with van der Waals surface area (Å²) in [5.74, 6) is 1.43. The minimum atomic E-state index is 0.357. The lowest BCUT2D eigenvalue weighted by Crippen LogP contribution is -2.30. The Balaban J connectivity index is 0.00000218. The van der Waals surface area contributed by atoms with E-state index < -0.39 is 0 Å². The molecule has 1 aliphatic carbocycles. The molecule has 30 heavy (non-hydrogen) atoms. The van der Waals surface area contributed by atoms with Gasteiger partial charge in [0.25, 0.3) is 0 Å². The van der Waals surface area contributed by atoms with Gasteiger partial charge in [0.15, 0.2) is 0 Å². The predicted octanol–water partition coefficient (Wildman–Crippen LogP) is 9.48. The Morgan fingerprint density at radius 1 is 1.00 bits per heavy atom. The van der Waals surface area contributed by atoms with E-state index in [1.165, 1.54) is 57.5 Å². The molecule has 0 nitrogen and oxygen atoms in total. The molecule has 0 amide bonds. The molecule has 2 rings (SSSR count). The number of unbranched alkanes of at least 4 members (excludes halogenated alkanes) is 2. The number of aryl methyl sites for hydroxylation is 3. The minimum absolute atomic E-state index is 0.357. The van der Waals surface area contributed by atoms with Crippen LogP contribution in [0, 0.1) is 18.3 Å². The molecule has 0 aliphatic heterocycles. The molecule has 172 valence electrons. The van der Waals surface area contributed by atoms with E-state index in [4.69, 9.17) is 0 Å². The maximum atomic E-state index is 2.60. The molecule has 0 saturated carbocycles. The van der Waals surface area contributed by atoms with Gasteiger partial charge in [-0.15, -0.1) is 8.58 Å². The van der Waals surface area contributed by atoms with Crippen LogP contribution in [0.15, 0.2) is 23.8 Å². The van der Waals surface area contributed by atoms with Crippen molar-refractivity contribution in [3.8, 4) is 0 Å². The second-order valence-electron chi connectivity index (χ2n) is 10.2. The summed E-state index contributed by atoms with van der Waals surface area (Å²) in [5, 5.41) is 0. The van der Waals surface area contributed by atoms with Gasteiger partial charge in [-0.25, -0.2) is 0 Å². The van der Waals surface area contributed by atoms with Gasteiger partial charge < -0.3 is 0 Å². The molecule has 0 spiro atoms. The maximum absolute atomic E-state index is 2.60. The SMILES string of the molecule is CC.CCCCCc1cc(C)c(C2CC(C)=CCC2C(C)(C)C)c(CCCPC)c1. The number of allylic oxidation sites excluding steroid dienone is 2. The highest BCUT2D eigenvalue weighted by Gasteiger charge is 2.36. The molecular formula is C29H51P. The molecule has 0 heterocycles.